The third kappa shape index (κ3) is 1.69. The van der Waals surface area contributed by atoms with Crippen LogP contribution in [0, 0.1) is 22.7 Å². The lowest BCUT2D eigenvalue weighted by molar-refractivity contribution is 0.818. The summed E-state index contributed by atoms with van der Waals surface area (Å²) in [4.78, 5) is 0. The van der Waals surface area contributed by atoms with Crippen molar-refractivity contribution < 1.29 is 0 Å². The highest BCUT2D eigenvalue weighted by atomic mass is 14.3. The molecule has 0 aliphatic heterocycles. The molecule has 0 heterocycles. The standard InChI is InChI=1S/C9H8N2/c10-6-9(7-11)8-4-2-1-3-5-8/h2,4H,1,3,5H2. The molecule has 11 heavy (non-hydrogen) atoms. The maximum Gasteiger partial charge on any atom is 0.132 e. The van der Waals surface area contributed by atoms with Gasteiger partial charge in [-0.2, -0.15) is 10.5 Å². The topological polar surface area (TPSA) is 47.6 Å². The van der Waals surface area contributed by atoms with Crippen molar-refractivity contribution in [2.75, 3.05) is 0 Å². The Morgan fingerprint density at radius 1 is 1.36 bits per heavy atom. The molecule has 2 nitrogen and oxygen atoms in total. The minimum atomic E-state index is 0.265. The van der Waals surface area contributed by atoms with Crippen LogP contribution in [0.1, 0.15) is 19.3 Å². The SMILES string of the molecule is N#CC(C#N)=C1C=CCCC1. The first-order valence-electron chi connectivity index (χ1n) is 3.58. The number of allylic oxidation sites excluding steroid dienone is 4. The van der Waals surface area contributed by atoms with E-state index in [1.807, 2.05) is 24.3 Å². The molecule has 1 rings (SSSR count). The zero-order chi connectivity index (χ0) is 8.10. The van der Waals surface area contributed by atoms with Crippen molar-refractivity contribution in [3.05, 3.63) is 23.3 Å². The Balaban J connectivity index is 2.96. The van der Waals surface area contributed by atoms with Crippen molar-refractivity contribution in [2.24, 2.45) is 0 Å². The lowest BCUT2D eigenvalue weighted by Gasteiger charge is -2.05. The Morgan fingerprint density at radius 2 is 2.09 bits per heavy atom. The van der Waals surface area contributed by atoms with E-state index < -0.39 is 0 Å². The van der Waals surface area contributed by atoms with E-state index in [0.717, 1.165) is 24.8 Å². The fourth-order valence-electron chi connectivity index (χ4n) is 1.10. The minimum Gasteiger partial charge on any atom is -0.192 e. The highest BCUT2D eigenvalue weighted by Gasteiger charge is 2.04. The maximum absolute atomic E-state index is 8.51. The predicted molar refractivity (Wildman–Crippen MR) is 41.2 cm³/mol. The van der Waals surface area contributed by atoms with Crippen molar-refractivity contribution in [1.29, 1.82) is 10.5 Å². The van der Waals surface area contributed by atoms with Gasteiger partial charge in [0.05, 0.1) is 0 Å². The van der Waals surface area contributed by atoms with Crippen LogP contribution in [-0.4, -0.2) is 0 Å². The smallest absolute Gasteiger partial charge is 0.132 e. The summed E-state index contributed by atoms with van der Waals surface area (Å²) < 4.78 is 0. The monoisotopic (exact) mass is 144 g/mol. The van der Waals surface area contributed by atoms with Crippen LogP contribution >= 0.6 is 0 Å². The summed E-state index contributed by atoms with van der Waals surface area (Å²) in [7, 11) is 0. The lowest BCUT2D eigenvalue weighted by Crippen LogP contribution is -1.90. The number of hydrogen-bond acceptors (Lipinski definition) is 2. The number of rotatable bonds is 0. The fraction of sp³-hybridized carbons (Fsp3) is 0.333. The maximum atomic E-state index is 8.51. The Bertz CT molecular complexity index is 268. The summed E-state index contributed by atoms with van der Waals surface area (Å²) in [5.41, 5.74) is 1.15. The Labute approximate surface area is 66.1 Å². The van der Waals surface area contributed by atoms with Gasteiger partial charge in [-0.15, -0.1) is 0 Å². The third-order valence-corrected chi connectivity index (χ3v) is 1.68. The summed E-state index contributed by atoms with van der Waals surface area (Å²) in [6.07, 6.45) is 6.87. The van der Waals surface area contributed by atoms with Gasteiger partial charge in [0.2, 0.25) is 0 Å². The molecule has 0 bridgehead atoms. The van der Waals surface area contributed by atoms with Crippen molar-refractivity contribution >= 4 is 0 Å². The van der Waals surface area contributed by atoms with Crippen molar-refractivity contribution in [3.63, 3.8) is 0 Å². The molecule has 1 aliphatic carbocycles. The quantitative estimate of drug-likeness (QED) is 0.488. The summed E-state index contributed by atoms with van der Waals surface area (Å²) >= 11 is 0. The summed E-state index contributed by atoms with van der Waals surface area (Å²) in [5, 5.41) is 17.0. The molecule has 0 aromatic carbocycles. The molecular formula is C9H8N2. The van der Waals surface area contributed by atoms with Crippen LogP contribution in [0.2, 0.25) is 0 Å². The van der Waals surface area contributed by atoms with E-state index in [9.17, 15) is 0 Å². The Morgan fingerprint density at radius 3 is 2.55 bits per heavy atom. The Kier molecular flexibility index (Phi) is 2.47. The summed E-state index contributed by atoms with van der Waals surface area (Å²) in [6.45, 7) is 0. The number of hydrogen-bond donors (Lipinski definition) is 0. The lowest BCUT2D eigenvalue weighted by atomic mass is 9.98. The van der Waals surface area contributed by atoms with E-state index in [4.69, 9.17) is 10.5 Å². The Hall–Kier alpha value is -1.54. The molecule has 0 aromatic rings. The van der Waals surface area contributed by atoms with Crippen LogP contribution in [0.15, 0.2) is 23.3 Å². The van der Waals surface area contributed by atoms with Crippen molar-refractivity contribution in [1.82, 2.24) is 0 Å². The van der Waals surface area contributed by atoms with Crippen LogP contribution < -0.4 is 0 Å². The highest BCUT2D eigenvalue weighted by Crippen LogP contribution is 2.18. The first-order valence-corrected chi connectivity index (χ1v) is 3.58. The molecule has 0 saturated heterocycles. The molecule has 0 saturated carbocycles. The molecule has 0 atom stereocenters. The van der Waals surface area contributed by atoms with Crippen LogP contribution in [-0.2, 0) is 0 Å². The molecular weight excluding hydrogens is 136 g/mol. The molecule has 0 radical (unpaired) electrons. The van der Waals surface area contributed by atoms with E-state index >= 15 is 0 Å². The molecule has 2 heteroatoms. The van der Waals surface area contributed by atoms with E-state index in [-0.39, 0.29) is 5.57 Å². The molecule has 1 aliphatic rings. The van der Waals surface area contributed by atoms with E-state index in [2.05, 4.69) is 0 Å². The van der Waals surface area contributed by atoms with Crippen LogP contribution in [0.3, 0.4) is 0 Å². The zero-order valence-corrected chi connectivity index (χ0v) is 6.17. The summed E-state index contributed by atoms with van der Waals surface area (Å²) in [6, 6.07) is 3.78. The predicted octanol–water partition coefficient (Wildman–Crippen LogP) is 2.07. The molecule has 0 fully saturated rings. The minimum absolute atomic E-state index is 0.265. The first-order chi connectivity index (χ1) is 5.38. The van der Waals surface area contributed by atoms with Crippen molar-refractivity contribution in [3.8, 4) is 12.1 Å². The molecule has 0 unspecified atom stereocenters. The second kappa shape index (κ2) is 3.58. The van der Waals surface area contributed by atoms with Gasteiger partial charge in [-0.1, -0.05) is 12.2 Å². The van der Waals surface area contributed by atoms with Gasteiger partial charge in [0.15, 0.2) is 0 Å². The average molecular weight is 144 g/mol. The van der Waals surface area contributed by atoms with Crippen LogP contribution in [0.5, 0.6) is 0 Å². The number of nitriles is 2. The largest absolute Gasteiger partial charge is 0.192 e. The molecule has 54 valence electrons. The van der Waals surface area contributed by atoms with E-state index in [1.54, 1.807) is 0 Å². The molecule has 0 aromatic heterocycles. The number of nitrogens with zero attached hydrogens (tertiary/aromatic N) is 2. The van der Waals surface area contributed by atoms with Gasteiger partial charge in [-0.3, -0.25) is 0 Å². The second-order valence-electron chi connectivity index (χ2n) is 2.42. The van der Waals surface area contributed by atoms with Gasteiger partial charge in [0.1, 0.15) is 17.7 Å². The average Bonchev–Trinajstić information content (AvgIpc) is 2.09. The van der Waals surface area contributed by atoms with Gasteiger partial charge in [-0.05, 0) is 24.8 Å². The molecule has 0 N–H and O–H groups in total. The highest BCUT2D eigenvalue weighted by molar-refractivity contribution is 5.45. The summed E-state index contributed by atoms with van der Waals surface area (Å²) in [5.74, 6) is 0. The van der Waals surface area contributed by atoms with Crippen molar-refractivity contribution in [2.45, 2.75) is 19.3 Å². The van der Waals surface area contributed by atoms with Gasteiger partial charge in [-0.25, -0.2) is 0 Å². The second-order valence-corrected chi connectivity index (χ2v) is 2.42. The normalized spacial score (nSPS) is 15.3. The fourth-order valence-corrected chi connectivity index (χ4v) is 1.10. The van der Waals surface area contributed by atoms with Crippen LogP contribution in [0.4, 0.5) is 0 Å². The van der Waals surface area contributed by atoms with Gasteiger partial charge >= 0.3 is 0 Å². The molecule has 0 amide bonds. The van der Waals surface area contributed by atoms with Gasteiger partial charge in [0, 0.05) is 0 Å². The third-order valence-electron chi connectivity index (χ3n) is 1.68. The van der Waals surface area contributed by atoms with E-state index in [0.29, 0.717) is 0 Å². The molecule has 0 spiro atoms. The van der Waals surface area contributed by atoms with Crippen LogP contribution in [0.25, 0.3) is 0 Å². The zero-order valence-electron chi connectivity index (χ0n) is 6.17. The van der Waals surface area contributed by atoms with E-state index in [1.165, 1.54) is 0 Å². The van der Waals surface area contributed by atoms with Gasteiger partial charge in [0.25, 0.3) is 0 Å². The first kappa shape index (κ1) is 7.57. The van der Waals surface area contributed by atoms with Gasteiger partial charge < -0.3 is 0 Å².